The fourth-order valence-electron chi connectivity index (χ4n) is 2.88. The first-order chi connectivity index (χ1) is 13.4. The molecule has 2 rings (SSSR count). The second-order valence-electron chi connectivity index (χ2n) is 6.56. The Hall–Kier alpha value is -3.02. The zero-order chi connectivity index (χ0) is 20.5. The van der Waals surface area contributed by atoms with E-state index in [1.54, 1.807) is 19.1 Å². The van der Waals surface area contributed by atoms with Gasteiger partial charge in [-0.05, 0) is 42.3 Å². The Morgan fingerprint density at radius 2 is 1.64 bits per heavy atom. The summed E-state index contributed by atoms with van der Waals surface area (Å²) in [4.78, 5) is 26.0. The minimum absolute atomic E-state index is 0.0524. The summed E-state index contributed by atoms with van der Waals surface area (Å²) in [6, 6.07) is 14.7. The van der Waals surface area contributed by atoms with E-state index in [9.17, 15) is 9.59 Å². The van der Waals surface area contributed by atoms with Crippen LogP contribution in [-0.4, -0.2) is 37.5 Å². The monoisotopic (exact) mass is 384 g/mol. The molecule has 6 nitrogen and oxygen atoms in total. The highest BCUT2D eigenvalue weighted by Crippen LogP contribution is 2.22. The average Bonchev–Trinajstić information content (AvgIpc) is 2.69. The fraction of sp³-hybridized carbons (Fsp3) is 0.364. The number of amides is 2. The molecule has 1 unspecified atom stereocenters. The van der Waals surface area contributed by atoms with Crippen molar-refractivity contribution in [2.24, 2.45) is 0 Å². The van der Waals surface area contributed by atoms with Crippen LogP contribution in [0.1, 0.15) is 37.4 Å². The molecule has 0 aliphatic carbocycles. The Bertz CT molecular complexity index is 772. The lowest BCUT2D eigenvalue weighted by molar-refractivity contribution is -0.131. The van der Waals surface area contributed by atoms with E-state index in [1.807, 2.05) is 55.5 Å². The molecule has 0 aromatic heterocycles. The van der Waals surface area contributed by atoms with E-state index < -0.39 is 6.04 Å². The van der Waals surface area contributed by atoms with E-state index in [0.29, 0.717) is 13.2 Å². The van der Waals surface area contributed by atoms with Crippen LogP contribution < -0.4 is 14.8 Å². The van der Waals surface area contributed by atoms with Gasteiger partial charge in [-0.15, -0.1) is 0 Å². The molecule has 0 fully saturated rings. The Labute approximate surface area is 166 Å². The number of ether oxygens (including phenoxy) is 2. The van der Waals surface area contributed by atoms with Gasteiger partial charge in [0, 0.05) is 20.5 Å². The third kappa shape index (κ3) is 6.30. The van der Waals surface area contributed by atoms with Crippen molar-refractivity contribution in [2.45, 2.75) is 32.9 Å². The third-order valence-corrected chi connectivity index (χ3v) is 4.35. The highest BCUT2D eigenvalue weighted by molar-refractivity contribution is 5.79. The SMILES string of the molecule is CCOc1ccc(CN(C)C(=O)CC(NC(C)=O)c2ccc(OC)cc2)cc1. The molecule has 0 bridgehead atoms. The summed E-state index contributed by atoms with van der Waals surface area (Å²) in [6.07, 6.45) is 0.180. The van der Waals surface area contributed by atoms with Gasteiger partial charge in [0.1, 0.15) is 11.5 Å². The van der Waals surface area contributed by atoms with Gasteiger partial charge in [-0.25, -0.2) is 0 Å². The van der Waals surface area contributed by atoms with Gasteiger partial charge in [0.05, 0.1) is 26.2 Å². The lowest BCUT2D eigenvalue weighted by Gasteiger charge is -2.23. The normalized spacial score (nSPS) is 11.4. The van der Waals surface area contributed by atoms with E-state index in [-0.39, 0.29) is 18.2 Å². The quantitative estimate of drug-likeness (QED) is 0.720. The summed E-state index contributed by atoms with van der Waals surface area (Å²) in [6.45, 7) is 4.49. The summed E-state index contributed by atoms with van der Waals surface area (Å²) in [5.74, 6) is 1.31. The predicted octanol–water partition coefficient (Wildman–Crippen LogP) is 3.32. The van der Waals surface area contributed by atoms with Crippen molar-refractivity contribution >= 4 is 11.8 Å². The number of carbonyl (C=O) groups is 2. The zero-order valence-electron chi connectivity index (χ0n) is 16.9. The molecule has 1 N–H and O–H groups in total. The first kappa shape index (κ1) is 21.3. The van der Waals surface area contributed by atoms with Crippen LogP contribution >= 0.6 is 0 Å². The van der Waals surface area contributed by atoms with Crippen LogP contribution in [-0.2, 0) is 16.1 Å². The van der Waals surface area contributed by atoms with Crippen molar-refractivity contribution in [2.75, 3.05) is 20.8 Å². The maximum Gasteiger partial charge on any atom is 0.225 e. The standard InChI is InChI=1S/C22H28N2O4/c1-5-28-20-10-6-17(7-11-20)15-24(3)22(26)14-21(23-16(2)25)18-8-12-19(27-4)13-9-18/h6-13,21H,5,14-15H2,1-4H3,(H,23,25). The van der Waals surface area contributed by atoms with E-state index in [1.165, 1.54) is 6.92 Å². The van der Waals surface area contributed by atoms with Crippen LogP contribution in [0.2, 0.25) is 0 Å². The van der Waals surface area contributed by atoms with Gasteiger partial charge in [-0.1, -0.05) is 24.3 Å². The molecule has 2 aromatic rings. The average molecular weight is 384 g/mol. The minimum atomic E-state index is -0.390. The minimum Gasteiger partial charge on any atom is -0.497 e. The molecule has 0 aliphatic rings. The Balaban J connectivity index is 2.03. The molecule has 2 aromatic carbocycles. The molecule has 28 heavy (non-hydrogen) atoms. The second kappa shape index (κ2) is 10.3. The Morgan fingerprint density at radius 3 is 2.18 bits per heavy atom. The highest BCUT2D eigenvalue weighted by atomic mass is 16.5. The molecule has 0 aliphatic heterocycles. The molecule has 6 heteroatoms. The number of nitrogens with zero attached hydrogens (tertiary/aromatic N) is 1. The van der Waals surface area contributed by atoms with Gasteiger partial charge < -0.3 is 19.7 Å². The van der Waals surface area contributed by atoms with Crippen LogP contribution in [0.3, 0.4) is 0 Å². The highest BCUT2D eigenvalue weighted by Gasteiger charge is 2.20. The Morgan fingerprint density at radius 1 is 1.04 bits per heavy atom. The molecule has 0 spiro atoms. The summed E-state index contributed by atoms with van der Waals surface area (Å²) in [7, 11) is 3.36. The van der Waals surface area contributed by atoms with Crippen molar-refractivity contribution in [1.29, 1.82) is 0 Å². The van der Waals surface area contributed by atoms with Crippen molar-refractivity contribution in [1.82, 2.24) is 10.2 Å². The number of hydrogen-bond donors (Lipinski definition) is 1. The molecule has 0 saturated heterocycles. The van der Waals surface area contributed by atoms with Crippen LogP contribution in [0.5, 0.6) is 11.5 Å². The molecular formula is C22H28N2O4. The lowest BCUT2D eigenvalue weighted by Crippen LogP contribution is -2.33. The first-order valence-electron chi connectivity index (χ1n) is 9.29. The van der Waals surface area contributed by atoms with Gasteiger partial charge in [-0.2, -0.15) is 0 Å². The smallest absolute Gasteiger partial charge is 0.225 e. The summed E-state index contributed by atoms with van der Waals surface area (Å²) < 4.78 is 10.6. The number of methoxy groups -OCH3 is 1. The predicted molar refractivity (Wildman–Crippen MR) is 108 cm³/mol. The van der Waals surface area contributed by atoms with Crippen LogP contribution in [0.15, 0.2) is 48.5 Å². The van der Waals surface area contributed by atoms with E-state index in [2.05, 4.69) is 5.32 Å². The fourth-order valence-corrected chi connectivity index (χ4v) is 2.88. The maximum absolute atomic E-state index is 12.7. The largest absolute Gasteiger partial charge is 0.497 e. The molecule has 150 valence electrons. The zero-order valence-corrected chi connectivity index (χ0v) is 16.9. The van der Waals surface area contributed by atoms with Gasteiger partial charge in [-0.3, -0.25) is 9.59 Å². The van der Waals surface area contributed by atoms with E-state index >= 15 is 0 Å². The lowest BCUT2D eigenvalue weighted by atomic mass is 10.0. The van der Waals surface area contributed by atoms with E-state index in [0.717, 1.165) is 22.6 Å². The number of carbonyl (C=O) groups excluding carboxylic acids is 2. The molecule has 0 heterocycles. The van der Waals surface area contributed by atoms with Gasteiger partial charge >= 0.3 is 0 Å². The molecule has 0 radical (unpaired) electrons. The van der Waals surface area contributed by atoms with Gasteiger partial charge in [0.2, 0.25) is 11.8 Å². The number of hydrogen-bond acceptors (Lipinski definition) is 4. The number of rotatable bonds is 9. The van der Waals surface area contributed by atoms with Crippen molar-refractivity contribution in [3.05, 3.63) is 59.7 Å². The van der Waals surface area contributed by atoms with Crippen molar-refractivity contribution < 1.29 is 19.1 Å². The number of nitrogens with one attached hydrogen (secondary N) is 1. The van der Waals surface area contributed by atoms with Crippen molar-refractivity contribution in [3.8, 4) is 11.5 Å². The van der Waals surface area contributed by atoms with Crippen LogP contribution in [0.4, 0.5) is 0 Å². The number of benzene rings is 2. The van der Waals surface area contributed by atoms with Crippen LogP contribution in [0, 0.1) is 0 Å². The van der Waals surface area contributed by atoms with Crippen LogP contribution in [0.25, 0.3) is 0 Å². The third-order valence-electron chi connectivity index (χ3n) is 4.35. The maximum atomic E-state index is 12.7. The molecular weight excluding hydrogens is 356 g/mol. The van der Waals surface area contributed by atoms with Gasteiger partial charge in [0.15, 0.2) is 0 Å². The van der Waals surface area contributed by atoms with Gasteiger partial charge in [0.25, 0.3) is 0 Å². The first-order valence-corrected chi connectivity index (χ1v) is 9.29. The summed E-state index contributed by atoms with van der Waals surface area (Å²) in [5, 5.41) is 2.86. The second-order valence-corrected chi connectivity index (χ2v) is 6.56. The summed E-state index contributed by atoms with van der Waals surface area (Å²) >= 11 is 0. The van der Waals surface area contributed by atoms with Crippen molar-refractivity contribution in [3.63, 3.8) is 0 Å². The summed E-state index contributed by atoms with van der Waals surface area (Å²) in [5.41, 5.74) is 1.87. The van der Waals surface area contributed by atoms with E-state index in [4.69, 9.17) is 9.47 Å². The topological polar surface area (TPSA) is 67.9 Å². The molecule has 0 saturated carbocycles. The Kier molecular flexibility index (Phi) is 7.87. The molecule has 2 amide bonds. The molecule has 1 atom stereocenters.